The third-order valence-electron chi connectivity index (χ3n) is 2.26. The molecule has 0 bridgehead atoms. The SMILES string of the molecule is CC.CC1=CC(Cl)=NC2=C(C)CN(C)N12. The van der Waals surface area contributed by atoms with Crippen LogP contribution in [-0.2, 0) is 0 Å². The molecule has 0 aromatic carbocycles. The van der Waals surface area contributed by atoms with Crippen molar-refractivity contribution in [3.05, 3.63) is 23.2 Å². The van der Waals surface area contributed by atoms with Crippen molar-refractivity contribution in [2.75, 3.05) is 13.6 Å². The van der Waals surface area contributed by atoms with Crippen LogP contribution in [-0.4, -0.2) is 28.8 Å². The Balaban J connectivity index is 0.000000531. The second kappa shape index (κ2) is 4.81. The first kappa shape index (κ1) is 12.3. The van der Waals surface area contributed by atoms with Crippen molar-refractivity contribution in [2.45, 2.75) is 27.7 Å². The quantitative estimate of drug-likeness (QED) is 0.634. The van der Waals surface area contributed by atoms with Gasteiger partial charge in [0.1, 0.15) is 11.0 Å². The Morgan fingerprint density at radius 2 is 1.93 bits per heavy atom. The molecule has 0 aromatic heterocycles. The Labute approximate surface area is 96.7 Å². The minimum absolute atomic E-state index is 0.568. The highest BCUT2D eigenvalue weighted by Crippen LogP contribution is 2.30. The highest BCUT2D eigenvalue weighted by atomic mass is 35.5. The Morgan fingerprint density at radius 3 is 2.53 bits per heavy atom. The molecule has 84 valence electrons. The molecule has 2 aliphatic heterocycles. The van der Waals surface area contributed by atoms with Crippen LogP contribution in [0.5, 0.6) is 0 Å². The molecule has 0 aliphatic carbocycles. The predicted octanol–water partition coefficient (Wildman–Crippen LogP) is 2.96. The van der Waals surface area contributed by atoms with E-state index >= 15 is 0 Å². The predicted molar refractivity (Wildman–Crippen MR) is 65.6 cm³/mol. The molecule has 2 heterocycles. The molecule has 0 unspecified atom stereocenters. The van der Waals surface area contributed by atoms with Crippen molar-refractivity contribution in [1.29, 1.82) is 0 Å². The van der Waals surface area contributed by atoms with E-state index in [1.165, 1.54) is 5.57 Å². The van der Waals surface area contributed by atoms with Gasteiger partial charge in [-0.15, -0.1) is 0 Å². The molecule has 0 N–H and O–H groups in total. The lowest BCUT2D eigenvalue weighted by molar-refractivity contribution is 0.109. The Morgan fingerprint density at radius 1 is 1.33 bits per heavy atom. The zero-order valence-corrected chi connectivity index (χ0v) is 10.8. The van der Waals surface area contributed by atoms with Crippen molar-refractivity contribution in [1.82, 2.24) is 10.0 Å². The molecule has 15 heavy (non-hydrogen) atoms. The highest BCUT2D eigenvalue weighted by molar-refractivity contribution is 6.68. The summed E-state index contributed by atoms with van der Waals surface area (Å²) in [6, 6.07) is 0. The van der Waals surface area contributed by atoms with E-state index in [1.54, 1.807) is 0 Å². The van der Waals surface area contributed by atoms with Crippen LogP contribution >= 0.6 is 11.6 Å². The number of halogens is 1. The van der Waals surface area contributed by atoms with Crippen molar-refractivity contribution in [2.24, 2.45) is 4.99 Å². The van der Waals surface area contributed by atoms with E-state index in [-0.39, 0.29) is 0 Å². The van der Waals surface area contributed by atoms with Gasteiger partial charge >= 0.3 is 0 Å². The highest BCUT2D eigenvalue weighted by Gasteiger charge is 2.28. The summed E-state index contributed by atoms with van der Waals surface area (Å²) < 4.78 is 0. The summed E-state index contributed by atoms with van der Waals surface area (Å²) in [7, 11) is 2.04. The first-order valence-corrected chi connectivity index (χ1v) is 5.61. The zero-order valence-electron chi connectivity index (χ0n) is 10.0. The minimum Gasteiger partial charge on any atom is -0.261 e. The van der Waals surface area contributed by atoms with Crippen LogP contribution in [0.3, 0.4) is 0 Å². The number of hydrogen-bond donors (Lipinski definition) is 0. The monoisotopic (exact) mass is 227 g/mol. The molecule has 3 nitrogen and oxygen atoms in total. The van der Waals surface area contributed by atoms with Gasteiger partial charge in [-0.2, -0.15) is 0 Å². The minimum atomic E-state index is 0.568. The molecule has 4 heteroatoms. The maximum absolute atomic E-state index is 5.89. The number of rotatable bonds is 0. The van der Waals surface area contributed by atoms with Gasteiger partial charge in [-0.25, -0.2) is 10.0 Å². The number of fused-ring (bicyclic) bond motifs is 1. The van der Waals surface area contributed by atoms with Crippen molar-refractivity contribution in [3.8, 4) is 0 Å². The van der Waals surface area contributed by atoms with Gasteiger partial charge in [0.05, 0.1) is 0 Å². The van der Waals surface area contributed by atoms with Gasteiger partial charge in [-0.3, -0.25) is 5.01 Å². The number of allylic oxidation sites excluding steroid dienone is 2. The molecule has 2 aliphatic rings. The van der Waals surface area contributed by atoms with Gasteiger partial charge in [-0.05, 0) is 25.5 Å². The Kier molecular flexibility index (Phi) is 3.94. The molecule has 0 aromatic rings. The lowest BCUT2D eigenvalue weighted by Gasteiger charge is -2.29. The summed E-state index contributed by atoms with van der Waals surface area (Å²) in [6.07, 6.45) is 1.88. The van der Waals surface area contributed by atoms with Crippen LogP contribution in [0, 0.1) is 0 Å². The van der Waals surface area contributed by atoms with E-state index in [4.69, 9.17) is 11.6 Å². The van der Waals surface area contributed by atoms with Crippen molar-refractivity contribution < 1.29 is 0 Å². The molecular weight excluding hydrogens is 210 g/mol. The topological polar surface area (TPSA) is 18.8 Å². The largest absolute Gasteiger partial charge is 0.261 e. The first-order valence-electron chi connectivity index (χ1n) is 5.23. The van der Waals surface area contributed by atoms with Gasteiger partial charge < -0.3 is 0 Å². The summed E-state index contributed by atoms with van der Waals surface area (Å²) >= 11 is 5.89. The molecular formula is C11H18ClN3. The van der Waals surface area contributed by atoms with E-state index < -0.39 is 0 Å². The lowest BCUT2D eigenvalue weighted by Crippen LogP contribution is -2.33. The van der Waals surface area contributed by atoms with Crippen LogP contribution in [0.1, 0.15) is 27.7 Å². The summed E-state index contributed by atoms with van der Waals surface area (Å²) in [5.41, 5.74) is 2.38. The Hall–Kier alpha value is -0.800. The molecule has 0 atom stereocenters. The van der Waals surface area contributed by atoms with Crippen LogP contribution in [0.25, 0.3) is 0 Å². The number of aliphatic imine (C=N–C) groups is 1. The molecule has 0 saturated heterocycles. The maximum atomic E-state index is 5.89. The fraction of sp³-hybridized carbons (Fsp3) is 0.545. The van der Waals surface area contributed by atoms with E-state index in [1.807, 2.05) is 33.9 Å². The van der Waals surface area contributed by atoms with Gasteiger partial charge in [0.25, 0.3) is 0 Å². The van der Waals surface area contributed by atoms with E-state index in [2.05, 4.69) is 21.9 Å². The fourth-order valence-corrected chi connectivity index (χ4v) is 2.01. The van der Waals surface area contributed by atoms with E-state index in [9.17, 15) is 0 Å². The maximum Gasteiger partial charge on any atom is 0.149 e. The fourth-order valence-electron chi connectivity index (χ4n) is 1.77. The summed E-state index contributed by atoms with van der Waals surface area (Å²) in [5, 5.41) is 4.78. The number of nitrogens with zero attached hydrogens (tertiary/aromatic N) is 3. The molecule has 0 fully saturated rings. The molecule has 2 rings (SSSR count). The number of hydrazine groups is 1. The average Bonchev–Trinajstić information content (AvgIpc) is 2.45. The molecule has 0 radical (unpaired) electrons. The van der Waals surface area contributed by atoms with E-state index in [0.717, 1.165) is 18.1 Å². The van der Waals surface area contributed by atoms with Crippen molar-refractivity contribution >= 4 is 16.8 Å². The molecule has 0 spiro atoms. The van der Waals surface area contributed by atoms with Gasteiger partial charge in [0.15, 0.2) is 0 Å². The second-order valence-corrected chi connectivity index (χ2v) is 3.84. The normalized spacial score (nSPS) is 20.5. The third-order valence-corrected chi connectivity index (χ3v) is 2.46. The smallest absolute Gasteiger partial charge is 0.149 e. The van der Waals surface area contributed by atoms with Crippen LogP contribution in [0.15, 0.2) is 28.2 Å². The van der Waals surface area contributed by atoms with Gasteiger partial charge in [-0.1, -0.05) is 25.4 Å². The van der Waals surface area contributed by atoms with Gasteiger partial charge in [0, 0.05) is 19.3 Å². The van der Waals surface area contributed by atoms with Crippen LogP contribution in [0.2, 0.25) is 0 Å². The van der Waals surface area contributed by atoms with E-state index in [0.29, 0.717) is 5.17 Å². The zero-order chi connectivity index (χ0) is 11.6. The third kappa shape index (κ3) is 2.24. The summed E-state index contributed by atoms with van der Waals surface area (Å²) in [4.78, 5) is 4.30. The lowest BCUT2D eigenvalue weighted by atomic mass is 10.3. The molecule has 0 amide bonds. The first-order chi connectivity index (χ1) is 7.09. The second-order valence-electron chi connectivity index (χ2n) is 3.45. The average molecular weight is 228 g/mol. The number of likely N-dealkylation sites (N-methyl/N-ethyl adjacent to an activating group) is 1. The van der Waals surface area contributed by atoms with Crippen molar-refractivity contribution in [3.63, 3.8) is 0 Å². The number of hydrogen-bond acceptors (Lipinski definition) is 3. The molecule has 0 saturated carbocycles. The summed E-state index contributed by atoms with van der Waals surface area (Å²) in [6.45, 7) is 9.04. The standard InChI is InChI=1S/C9H12ClN3.C2H6/c1-6-5-12(3)13-7(2)4-8(10)11-9(6)13;1-2/h4H,5H2,1-3H3;1-2H3. The van der Waals surface area contributed by atoms with Crippen LogP contribution < -0.4 is 0 Å². The Bertz CT molecular complexity index is 342. The van der Waals surface area contributed by atoms with Gasteiger partial charge in [0.2, 0.25) is 0 Å². The van der Waals surface area contributed by atoms with Crippen LogP contribution in [0.4, 0.5) is 0 Å². The summed E-state index contributed by atoms with van der Waals surface area (Å²) in [5.74, 6) is 0.979.